The predicted octanol–water partition coefficient (Wildman–Crippen LogP) is 2.11. The van der Waals surface area contributed by atoms with Crippen LogP contribution in [-0.4, -0.2) is 50.3 Å². The molecule has 0 aromatic heterocycles. The Morgan fingerprint density at radius 3 is 2.95 bits per heavy atom. The van der Waals surface area contributed by atoms with E-state index >= 15 is 0 Å². The first-order valence-corrected chi connectivity index (χ1v) is 7.84. The van der Waals surface area contributed by atoms with Crippen LogP contribution in [-0.2, 0) is 4.74 Å². The minimum absolute atomic E-state index is 0.671. The van der Waals surface area contributed by atoms with Gasteiger partial charge < -0.3 is 15.0 Å². The molecule has 1 saturated carbocycles. The molecular weight excluding hydrogens is 238 g/mol. The van der Waals surface area contributed by atoms with Gasteiger partial charge in [0.2, 0.25) is 0 Å². The summed E-state index contributed by atoms with van der Waals surface area (Å²) in [6.45, 7) is 8.25. The van der Waals surface area contributed by atoms with Gasteiger partial charge in [-0.3, -0.25) is 4.99 Å². The van der Waals surface area contributed by atoms with Gasteiger partial charge in [0.1, 0.15) is 0 Å². The SMILES string of the molecule is CCCC1CC1NC(=NC)N1CCC(COCC)C1. The van der Waals surface area contributed by atoms with Crippen molar-refractivity contribution in [2.24, 2.45) is 16.8 Å². The molecule has 1 N–H and O–H groups in total. The minimum Gasteiger partial charge on any atom is -0.381 e. The van der Waals surface area contributed by atoms with Crippen LogP contribution in [0.4, 0.5) is 0 Å². The van der Waals surface area contributed by atoms with E-state index in [0.29, 0.717) is 12.0 Å². The molecule has 2 aliphatic rings. The highest BCUT2D eigenvalue weighted by atomic mass is 16.5. The van der Waals surface area contributed by atoms with Gasteiger partial charge in [-0.25, -0.2) is 0 Å². The maximum atomic E-state index is 5.53. The lowest BCUT2D eigenvalue weighted by Gasteiger charge is -2.22. The number of rotatable bonds is 6. The molecule has 0 aromatic carbocycles. The Bertz CT molecular complexity index is 306. The number of nitrogens with one attached hydrogen (secondary N) is 1. The number of guanidine groups is 1. The highest BCUT2D eigenvalue weighted by Gasteiger charge is 2.38. The summed E-state index contributed by atoms with van der Waals surface area (Å²) in [7, 11) is 1.90. The standard InChI is InChI=1S/C15H29N3O/c1-4-6-13-9-14(13)17-15(16-3)18-8-7-12(10-18)11-19-5-2/h12-14H,4-11H2,1-3H3,(H,16,17). The zero-order valence-corrected chi connectivity index (χ0v) is 12.7. The molecule has 2 fully saturated rings. The Kier molecular flexibility index (Phi) is 5.49. The summed E-state index contributed by atoms with van der Waals surface area (Å²) in [6, 6.07) is 0.671. The van der Waals surface area contributed by atoms with E-state index in [1.165, 1.54) is 25.7 Å². The molecule has 1 aliphatic carbocycles. The fourth-order valence-corrected chi connectivity index (χ4v) is 3.02. The second kappa shape index (κ2) is 7.13. The maximum absolute atomic E-state index is 5.53. The molecule has 4 nitrogen and oxygen atoms in total. The molecule has 19 heavy (non-hydrogen) atoms. The Labute approximate surface area is 117 Å². The third-order valence-corrected chi connectivity index (χ3v) is 4.25. The van der Waals surface area contributed by atoms with E-state index in [9.17, 15) is 0 Å². The second-order valence-corrected chi connectivity index (χ2v) is 5.84. The molecule has 0 radical (unpaired) electrons. The molecule has 3 unspecified atom stereocenters. The van der Waals surface area contributed by atoms with Crippen LogP contribution >= 0.6 is 0 Å². The molecule has 0 amide bonds. The van der Waals surface area contributed by atoms with Gasteiger partial charge in [-0.05, 0) is 32.1 Å². The Morgan fingerprint density at radius 2 is 2.26 bits per heavy atom. The van der Waals surface area contributed by atoms with Crippen molar-refractivity contribution in [3.05, 3.63) is 0 Å². The number of likely N-dealkylation sites (tertiary alicyclic amines) is 1. The molecular formula is C15H29N3O. The largest absolute Gasteiger partial charge is 0.381 e. The van der Waals surface area contributed by atoms with Crippen molar-refractivity contribution in [2.45, 2.75) is 45.6 Å². The van der Waals surface area contributed by atoms with Crippen molar-refractivity contribution in [1.29, 1.82) is 0 Å². The van der Waals surface area contributed by atoms with Gasteiger partial charge in [0.25, 0.3) is 0 Å². The quantitative estimate of drug-likeness (QED) is 0.591. The van der Waals surface area contributed by atoms with Crippen molar-refractivity contribution < 1.29 is 4.74 Å². The highest BCUT2D eigenvalue weighted by molar-refractivity contribution is 5.80. The van der Waals surface area contributed by atoms with E-state index in [-0.39, 0.29) is 0 Å². The van der Waals surface area contributed by atoms with Gasteiger partial charge in [0, 0.05) is 38.7 Å². The fourth-order valence-electron chi connectivity index (χ4n) is 3.02. The van der Waals surface area contributed by atoms with Gasteiger partial charge in [-0.2, -0.15) is 0 Å². The van der Waals surface area contributed by atoms with Crippen molar-refractivity contribution in [2.75, 3.05) is 33.4 Å². The fraction of sp³-hybridized carbons (Fsp3) is 0.933. The third-order valence-electron chi connectivity index (χ3n) is 4.25. The summed E-state index contributed by atoms with van der Waals surface area (Å²) in [5.74, 6) is 2.65. The van der Waals surface area contributed by atoms with Gasteiger partial charge in [-0.1, -0.05) is 13.3 Å². The normalized spacial score (nSPS) is 30.8. The summed E-state index contributed by atoms with van der Waals surface area (Å²) < 4.78 is 5.53. The van der Waals surface area contributed by atoms with Crippen molar-refractivity contribution in [1.82, 2.24) is 10.2 Å². The van der Waals surface area contributed by atoms with E-state index in [1.54, 1.807) is 0 Å². The first-order valence-electron chi connectivity index (χ1n) is 7.84. The Balaban J connectivity index is 1.74. The van der Waals surface area contributed by atoms with E-state index in [4.69, 9.17) is 4.74 Å². The lowest BCUT2D eigenvalue weighted by Crippen LogP contribution is -2.41. The third kappa shape index (κ3) is 4.10. The second-order valence-electron chi connectivity index (χ2n) is 5.84. The van der Waals surface area contributed by atoms with Crippen molar-refractivity contribution >= 4 is 5.96 Å². The van der Waals surface area contributed by atoms with E-state index in [2.05, 4.69) is 29.1 Å². The number of aliphatic imine (C=N–C) groups is 1. The number of hydrogen-bond donors (Lipinski definition) is 1. The Hall–Kier alpha value is -0.770. The Morgan fingerprint density at radius 1 is 1.42 bits per heavy atom. The topological polar surface area (TPSA) is 36.9 Å². The summed E-state index contributed by atoms with van der Waals surface area (Å²) in [4.78, 5) is 6.84. The smallest absolute Gasteiger partial charge is 0.193 e. The van der Waals surface area contributed by atoms with Crippen LogP contribution in [0.3, 0.4) is 0 Å². The maximum Gasteiger partial charge on any atom is 0.193 e. The van der Waals surface area contributed by atoms with Crippen LogP contribution in [0.2, 0.25) is 0 Å². The molecule has 1 heterocycles. The highest BCUT2D eigenvalue weighted by Crippen LogP contribution is 2.34. The molecule has 4 heteroatoms. The molecule has 0 aromatic rings. The first kappa shape index (κ1) is 14.6. The van der Waals surface area contributed by atoms with Gasteiger partial charge in [-0.15, -0.1) is 0 Å². The molecule has 2 rings (SSSR count). The van der Waals surface area contributed by atoms with Crippen LogP contribution in [0.5, 0.6) is 0 Å². The number of hydrogen-bond acceptors (Lipinski definition) is 2. The van der Waals surface area contributed by atoms with Crippen LogP contribution < -0.4 is 5.32 Å². The average Bonchev–Trinajstić information content (AvgIpc) is 2.98. The van der Waals surface area contributed by atoms with Crippen LogP contribution in [0, 0.1) is 11.8 Å². The van der Waals surface area contributed by atoms with Crippen LogP contribution in [0.1, 0.15) is 39.5 Å². The lowest BCUT2D eigenvalue weighted by molar-refractivity contribution is 0.114. The van der Waals surface area contributed by atoms with Gasteiger partial charge in [0.15, 0.2) is 5.96 Å². The van der Waals surface area contributed by atoms with Crippen molar-refractivity contribution in [3.8, 4) is 0 Å². The van der Waals surface area contributed by atoms with E-state index in [1.807, 2.05) is 7.05 Å². The predicted molar refractivity (Wildman–Crippen MR) is 79.5 cm³/mol. The molecule has 110 valence electrons. The lowest BCUT2D eigenvalue weighted by atomic mass is 10.1. The van der Waals surface area contributed by atoms with Gasteiger partial charge in [0.05, 0.1) is 6.61 Å². The average molecular weight is 267 g/mol. The molecule has 0 spiro atoms. The van der Waals surface area contributed by atoms with E-state index < -0.39 is 0 Å². The number of ether oxygens (including phenoxy) is 1. The molecule has 1 saturated heterocycles. The van der Waals surface area contributed by atoms with Crippen LogP contribution in [0.15, 0.2) is 4.99 Å². The summed E-state index contributed by atoms with van der Waals surface area (Å²) in [5, 5.41) is 3.63. The first-order chi connectivity index (χ1) is 9.28. The summed E-state index contributed by atoms with van der Waals surface area (Å²) >= 11 is 0. The van der Waals surface area contributed by atoms with E-state index in [0.717, 1.165) is 38.2 Å². The molecule has 0 bridgehead atoms. The molecule has 1 aliphatic heterocycles. The zero-order chi connectivity index (χ0) is 13.7. The van der Waals surface area contributed by atoms with Crippen molar-refractivity contribution in [3.63, 3.8) is 0 Å². The summed E-state index contributed by atoms with van der Waals surface area (Å²) in [5.41, 5.74) is 0. The monoisotopic (exact) mass is 267 g/mol. The zero-order valence-electron chi connectivity index (χ0n) is 12.7. The van der Waals surface area contributed by atoms with Gasteiger partial charge >= 0.3 is 0 Å². The molecule has 3 atom stereocenters. The number of nitrogens with zero attached hydrogens (tertiary/aromatic N) is 2. The van der Waals surface area contributed by atoms with Crippen LogP contribution in [0.25, 0.3) is 0 Å². The minimum atomic E-state index is 0.671. The summed E-state index contributed by atoms with van der Waals surface area (Å²) in [6.07, 6.45) is 5.19.